The van der Waals surface area contributed by atoms with Gasteiger partial charge in [-0.2, -0.15) is 0 Å². The van der Waals surface area contributed by atoms with Crippen LogP contribution in [-0.4, -0.2) is 111 Å². The fourth-order valence-corrected chi connectivity index (χ4v) is 20.1. The monoisotopic (exact) mass is 1050 g/mol. The van der Waals surface area contributed by atoms with E-state index in [1.165, 1.54) is 11.6 Å². The molecule has 3 aromatic heterocycles. The maximum Gasteiger partial charge on any atom is 0.261 e. The van der Waals surface area contributed by atoms with Crippen LogP contribution in [-0.2, 0) is 16.6 Å². The van der Waals surface area contributed by atoms with Crippen LogP contribution in [0.15, 0.2) is 60.2 Å². The molecule has 7 heterocycles. The number of aromatic amines is 2. The van der Waals surface area contributed by atoms with E-state index >= 15 is 9.59 Å². The van der Waals surface area contributed by atoms with Crippen LogP contribution in [0.5, 0.6) is 11.5 Å². The molecule has 4 saturated carbocycles. The van der Waals surface area contributed by atoms with Crippen LogP contribution in [0, 0.1) is 46.3 Å². The Bertz CT molecular complexity index is 3730. The van der Waals surface area contributed by atoms with E-state index in [0.717, 1.165) is 93.2 Å². The van der Waals surface area contributed by atoms with Crippen molar-refractivity contribution in [2.24, 2.45) is 27.6 Å². The number of rotatable bonds is 1. The normalized spacial score (nSPS) is 39.6. The fraction of sp³-hybridized carbons (Fsp3) is 0.524. The zero-order valence-corrected chi connectivity index (χ0v) is 43.6. The molecular weight excluding hydrogens is 987 g/mol. The number of carbonyl (C=O) groups excluding carboxylic acids is 2. The molecule has 5 fully saturated rings. The number of H-pyrrole nitrogens is 2. The van der Waals surface area contributed by atoms with Crippen LogP contribution in [0.1, 0.15) is 174 Å². The van der Waals surface area contributed by atoms with E-state index in [4.69, 9.17) is 14.5 Å². The molecule has 19 rings (SSSR count). The number of hydrogen-bond acceptors (Lipinski definition) is 13. The summed E-state index contributed by atoms with van der Waals surface area (Å²) in [5.41, 5.74) is 1.94. The summed E-state index contributed by atoms with van der Waals surface area (Å²) in [5.74, 6) is 3.19. The lowest BCUT2D eigenvalue weighted by Crippen LogP contribution is -2.79. The molecule has 0 radical (unpaired) electrons. The van der Waals surface area contributed by atoms with E-state index in [-0.39, 0.29) is 57.0 Å². The molecule has 12 bridgehead atoms. The van der Waals surface area contributed by atoms with Gasteiger partial charge < -0.3 is 55.4 Å². The average Bonchev–Trinajstić information content (AvgIpc) is 3.45. The Balaban J connectivity index is 1.02. The number of pyridine rings is 1. The molecule has 6 spiro atoms. The number of nitrogens with one attached hydrogen (secondary N) is 3. The molecule has 1 saturated heterocycles. The highest BCUT2D eigenvalue weighted by molar-refractivity contribution is 6.34. The number of aliphatic hydroxyl groups is 5. The van der Waals surface area contributed by atoms with Gasteiger partial charge >= 0.3 is 0 Å². The highest BCUT2D eigenvalue weighted by atomic mass is 16.7. The highest BCUT2D eigenvalue weighted by Crippen LogP contribution is 2.76. The smallest absolute Gasteiger partial charge is 0.261 e. The van der Waals surface area contributed by atoms with Gasteiger partial charge in [0.05, 0.1) is 35.1 Å². The molecule has 9 N–H and O–H groups in total. The summed E-state index contributed by atoms with van der Waals surface area (Å²) in [7, 11) is 0. The molecular formula is C63H63N5O10. The topological polar surface area (TPSA) is 243 Å². The van der Waals surface area contributed by atoms with Crippen molar-refractivity contribution in [1.82, 2.24) is 19.9 Å². The van der Waals surface area contributed by atoms with E-state index in [1.54, 1.807) is 43.7 Å². The Morgan fingerprint density at radius 3 is 2.54 bits per heavy atom. The Hall–Kier alpha value is -6.12. The first-order valence-electron chi connectivity index (χ1n) is 28.8. The van der Waals surface area contributed by atoms with Crippen molar-refractivity contribution in [3.05, 3.63) is 116 Å². The van der Waals surface area contributed by atoms with Crippen LogP contribution < -0.4 is 10.1 Å². The van der Waals surface area contributed by atoms with Crippen molar-refractivity contribution in [1.29, 1.82) is 0 Å². The Kier molecular flexibility index (Phi) is 9.00. The molecule has 0 amide bonds. The largest absolute Gasteiger partial charge is 0.507 e. The number of aliphatic hydroxyl groups excluding tert-OH is 5. The minimum absolute atomic E-state index is 0.0145. The zero-order chi connectivity index (χ0) is 52.8. The van der Waals surface area contributed by atoms with Gasteiger partial charge in [0.1, 0.15) is 29.5 Å². The van der Waals surface area contributed by atoms with Gasteiger partial charge in [-0.1, -0.05) is 37.2 Å². The average molecular weight is 1050 g/mol. The molecule has 13 atom stereocenters. The first kappa shape index (κ1) is 46.8. The lowest BCUT2D eigenvalue weighted by molar-refractivity contribution is -0.366. The predicted octanol–water partition coefficient (Wildman–Crippen LogP) is 7.37. The Morgan fingerprint density at radius 2 is 1.71 bits per heavy atom. The second kappa shape index (κ2) is 15.0. The van der Waals surface area contributed by atoms with Gasteiger partial charge in [0.2, 0.25) is 5.78 Å². The molecule has 5 aromatic rings. The standard InChI is InChI=1S/C63H63N5O10/c1-30-21-35-42(38(69)22-30)50(72)45-39-23-34-32(43(45)49(35)71)10-20-65-55(34)66-27-41(70)60-17-8-31-7-6-14-59-13-4-5-15-61(59,40-26-64-29-67-40)52-33(9-16-59)44(46(31)60)48(68-52)36-24-62(77-39)53(74)51(73)54(75)63(78-62)47(36)37(60)25-58(56(63)76)19-18-57(28-58)11-2-3-12-57/h10,20-24,26,29,31,41,46,51,53-54,56,68-70,73-76H,2-5,8-9,11-19,25,27-28H2,1H3,(H,64,67)(H,65,66)/t31-,41-,46-,51-,53-,54+,56+,58-,59+,60+,61+,62-,63+/m1/s1. The number of aryl methyl sites for hydroxylation is 1. The van der Waals surface area contributed by atoms with Crippen molar-refractivity contribution in [2.45, 2.75) is 169 Å². The van der Waals surface area contributed by atoms with Crippen molar-refractivity contribution in [3.8, 4) is 23.3 Å². The second-order valence-corrected chi connectivity index (χ2v) is 26.3. The lowest BCUT2D eigenvalue weighted by Gasteiger charge is -2.64. The summed E-state index contributed by atoms with van der Waals surface area (Å²) in [6.45, 7) is 1.72. The SMILES string of the molecule is Cc1cc(O)c2c(c1)C(=O)c1c(c3cc4c(nccc14)NC[C@@H](O)[C@@]14CC[C@H]5C#CC[C@]67CCCC[C@]6(c6cnc[nH]6)c6[nH]c(c(c6CC7)[C@@H]51)C1=C[C@@]5(O3)O[C@@]3(C1=C4C[C@@]1(CCC4(CCCC4)C1)[C@@H]3O)[C@@H](O)[C@H](O)[C@H]5O)C2=O. The number of aromatic nitrogens is 4. The highest BCUT2D eigenvalue weighted by Gasteiger charge is 2.77. The van der Waals surface area contributed by atoms with E-state index in [1.807, 2.05) is 6.20 Å². The molecule has 14 aliphatic rings. The van der Waals surface area contributed by atoms with Gasteiger partial charge in [0, 0.05) is 87.2 Å². The lowest BCUT2D eigenvalue weighted by atomic mass is 9.47. The van der Waals surface area contributed by atoms with Crippen LogP contribution in [0.2, 0.25) is 0 Å². The number of aromatic hydroxyl groups is 1. The molecule has 2 aromatic carbocycles. The first-order chi connectivity index (χ1) is 37.7. The number of carbonyl (C=O) groups is 2. The zero-order valence-electron chi connectivity index (χ0n) is 43.6. The Labute approximate surface area is 450 Å². The molecule has 0 unspecified atom stereocenters. The number of imidazole rings is 1. The van der Waals surface area contributed by atoms with Crippen LogP contribution in [0.4, 0.5) is 5.82 Å². The number of phenolic OH excluding ortho intramolecular Hbond substituents is 1. The Morgan fingerprint density at radius 1 is 0.872 bits per heavy atom. The number of fused-ring (bicyclic) bond motifs is 7. The summed E-state index contributed by atoms with van der Waals surface area (Å²) in [6.07, 6.45) is 12.4. The first-order valence-corrected chi connectivity index (χ1v) is 28.8. The third kappa shape index (κ3) is 5.23. The molecule has 10 aliphatic carbocycles. The predicted molar refractivity (Wildman–Crippen MR) is 284 cm³/mol. The van der Waals surface area contributed by atoms with Crippen LogP contribution >= 0.6 is 0 Å². The van der Waals surface area contributed by atoms with Crippen molar-refractivity contribution in [2.75, 3.05) is 11.9 Å². The number of nitrogens with zero attached hydrogens (tertiary/aromatic N) is 2. The van der Waals surface area contributed by atoms with Gasteiger partial charge in [-0.25, -0.2) is 9.97 Å². The summed E-state index contributed by atoms with van der Waals surface area (Å²) < 4.78 is 15.0. The van der Waals surface area contributed by atoms with E-state index in [2.05, 4.69) is 32.1 Å². The number of hydrogen-bond donors (Lipinski definition) is 9. The van der Waals surface area contributed by atoms with Crippen LogP contribution in [0.25, 0.3) is 16.3 Å². The fourth-order valence-electron chi connectivity index (χ4n) is 20.1. The van der Waals surface area contributed by atoms with Gasteiger partial charge in [-0.15, -0.1) is 5.92 Å². The van der Waals surface area contributed by atoms with Crippen LogP contribution in [0.3, 0.4) is 0 Å². The number of ether oxygens (including phenoxy) is 2. The van der Waals surface area contributed by atoms with Crippen molar-refractivity contribution < 1.29 is 49.7 Å². The van der Waals surface area contributed by atoms with Gasteiger partial charge in [-0.05, 0) is 153 Å². The molecule has 15 heteroatoms. The third-order valence-electron chi connectivity index (χ3n) is 23.2. The van der Waals surface area contributed by atoms with Gasteiger partial charge in [-0.3, -0.25) is 9.59 Å². The quantitative estimate of drug-likeness (QED) is 0.0732. The summed E-state index contributed by atoms with van der Waals surface area (Å²) in [6, 6.07) is 6.25. The van der Waals surface area contributed by atoms with Gasteiger partial charge in [0.25, 0.3) is 5.79 Å². The van der Waals surface area contributed by atoms with Crippen molar-refractivity contribution >= 4 is 33.7 Å². The minimum atomic E-state index is -2.47. The molecule has 400 valence electrons. The number of benzene rings is 2. The molecule has 78 heavy (non-hydrogen) atoms. The van der Waals surface area contributed by atoms with E-state index in [9.17, 15) is 30.6 Å². The van der Waals surface area contributed by atoms with E-state index < -0.39 is 75.6 Å². The minimum Gasteiger partial charge on any atom is -0.507 e. The second-order valence-electron chi connectivity index (χ2n) is 26.3. The third-order valence-corrected chi connectivity index (χ3v) is 23.2. The number of phenols is 1. The molecule has 4 aliphatic heterocycles. The van der Waals surface area contributed by atoms with Gasteiger partial charge in [0.15, 0.2) is 17.5 Å². The maximum absolute atomic E-state index is 15.4. The maximum atomic E-state index is 15.4. The van der Waals surface area contributed by atoms with Crippen molar-refractivity contribution in [3.63, 3.8) is 0 Å². The van der Waals surface area contributed by atoms with E-state index in [0.29, 0.717) is 77.5 Å². The molecule has 15 nitrogen and oxygen atoms in total. The summed E-state index contributed by atoms with van der Waals surface area (Å²) in [4.78, 5) is 47.9. The number of anilines is 1. The summed E-state index contributed by atoms with van der Waals surface area (Å²) in [5, 5.41) is 83.5. The summed E-state index contributed by atoms with van der Waals surface area (Å²) >= 11 is 0. The number of ketones is 2.